The first kappa shape index (κ1) is 13.8. The van der Waals surface area contributed by atoms with Crippen LogP contribution in [0.4, 0.5) is 5.69 Å². The van der Waals surface area contributed by atoms with Gasteiger partial charge >= 0.3 is 5.97 Å². The van der Waals surface area contributed by atoms with Crippen molar-refractivity contribution in [1.82, 2.24) is 0 Å². The normalized spacial score (nSPS) is 11.4. The molecule has 0 aliphatic rings. The molecule has 0 amide bonds. The van der Waals surface area contributed by atoms with Crippen molar-refractivity contribution in [2.45, 2.75) is 6.92 Å². The molecule has 0 radical (unpaired) electrons. The molecule has 2 rings (SSSR count). The fourth-order valence-electron chi connectivity index (χ4n) is 1.40. The Labute approximate surface area is 122 Å². The summed E-state index contributed by atoms with van der Waals surface area (Å²) in [5.74, 6) is -0.935. The van der Waals surface area contributed by atoms with Crippen molar-refractivity contribution in [3.8, 4) is 0 Å². The smallest absolute Gasteiger partial charge is 0.335 e. The number of nitrogens with zero attached hydrogens (tertiary/aromatic N) is 1. The zero-order valence-corrected chi connectivity index (χ0v) is 12.5. The minimum atomic E-state index is -0.935. The number of thiophene rings is 1. The number of hydrogen-bond acceptors (Lipinski definition) is 4. The summed E-state index contributed by atoms with van der Waals surface area (Å²) in [7, 11) is 0. The Balaban J connectivity index is 2.07. The molecule has 4 nitrogen and oxygen atoms in total. The number of rotatable bonds is 4. The second kappa shape index (κ2) is 5.99. The Kier molecular flexibility index (Phi) is 4.34. The summed E-state index contributed by atoms with van der Waals surface area (Å²) in [6, 6.07) is 10.4. The van der Waals surface area contributed by atoms with Gasteiger partial charge in [0.2, 0.25) is 0 Å². The van der Waals surface area contributed by atoms with Gasteiger partial charge in [-0.3, -0.25) is 5.43 Å². The fourth-order valence-corrected chi connectivity index (χ4v) is 2.73. The molecule has 0 aliphatic carbocycles. The predicted octanol–water partition coefficient (Wildman–Crippen LogP) is 4.04. The lowest BCUT2D eigenvalue weighted by Crippen LogP contribution is -1.99. The molecule has 0 saturated heterocycles. The summed E-state index contributed by atoms with van der Waals surface area (Å²) in [6.45, 7) is 1.91. The van der Waals surface area contributed by atoms with Gasteiger partial charge in [-0.1, -0.05) is 0 Å². The molecule has 2 N–H and O–H groups in total. The molecule has 0 bridgehead atoms. The zero-order valence-electron chi connectivity index (χ0n) is 10.1. The van der Waals surface area contributed by atoms with Gasteiger partial charge in [-0.15, -0.1) is 11.3 Å². The maximum atomic E-state index is 10.7. The van der Waals surface area contributed by atoms with E-state index in [1.165, 1.54) is 12.1 Å². The average molecular weight is 339 g/mol. The van der Waals surface area contributed by atoms with E-state index in [1.807, 2.05) is 19.1 Å². The van der Waals surface area contributed by atoms with Crippen LogP contribution in [-0.4, -0.2) is 16.8 Å². The van der Waals surface area contributed by atoms with Crippen molar-refractivity contribution >= 4 is 44.6 Å². The first-order valence-electron chi connectivity index (χ1n) is 5.45. The second-order valence-corrected chi connectivity index (χ2v) is 6.26. The summed E-state index contributed by atoms with van der Waals surface area (Å²) in [6.07, 6.45) is 0. The standard InChI is InChI=1S/C13H11BrN2O2S/c1-8(11-6-7-12(14)19-11)15-16-10-4-2-9(3-5-10)13(17)18/h2-7,16H,1H3,(H,17,18)/b15-8-. The number of carboxylic acids is 1. The third-order valence-electron chi connectivity index (χ3n) is 2.41. The Morgan fingerprint density at radius 3 is 2.47 bits per heavy atom. The van der Waals surface area contributed by atoms with Crippen molar-refractivity contribution in [1.29, 1.82) is 0 Å². The van der Waals surface area contributed by atoms with Gasteiger partial charge in [0.05, 0.1) is 25.6 Å². The molecular weight excluding hydrogens is 328 g/mol. The minimum absolute atomic E-state index is 0.258. The highest BCUT2D eigenvalue weighted by molar-refractivity contribution is 9.11. The quantitative estimate of drug-likeness (QED) is 0.653. The molecular formula is C13H11BrN2O2S. The molecule has 98 valence electrons. The summed E-state index contributed by atoms with van der Waals surface area (Å²) in [5.41, 5.74) is 4.79. The SMILES string of the molecule is C/C(=N/Nc1ccc(C(=O)O)cc1)c1ccc(Br)s1. The molecule has 0 saturated carbocycles. The first-order chi connectivity index (χ1) is 9.06. The van der Waals surface area contributed by atoms with E-state index in [1.54, 1.807) is 23.5 Å². The number of hydrogen-bond donors (Lipinski definition) is 2. The monoisotopic (exact) mass is 338 g/mol. The number of halogens is 1. The van der Waals surface area contributed by atoms with E-state index in [-0.39, 0.29) is 5.56 Å². The van der Waals surface area contributed by atoms with Crippen molar-refractivity contribution in [2.24, 2.45) is 5.10 Å². The largest absolute Gasteiger partial charge is 0.478 e. The number of carboxylic acid groups (broad SMARTS) is 1. The van der Waals surface area contributed by atoms with E-state index in [9.17, 15) is 4.79 Å². The average Bonchev–Trinajstić information content (AvgIpc) is 2.83. The summed E-state index contributed by atoms with van der Waals surface area (Å²) in [5, 5.41) is 13.1. The third kappa shape index (κ3) is 3.65. The van der Waals surface area contributed by atoms with Gasteiger partial charge in [-0.2, -0.15) is 5.10 Å². The van der Waals surface area contributed by atoms with Gasteiger partial charge in [0, 0.05) is 0 Å². The van der Waals surface area contributed by atoms with E-state index in [0.717, 1.165) is 20.1 Å². The van der Waals surface area contributed by atoms with Crippen LogP contribution in [0.15, 0.2) is 45.3 Å². The fraction of sp³-hybridized carbons (Fsp3) is 0.0769. The number of anilines is 1. The first-order valence-corrected chi connectivity index (χ1v) is 7.06. The molecule has 0 fully saturated rings. The van der Waals surface area contributed by atoms with Crippen LogP contribution in [0.25, 0.3) is 0 Å². The molecule has 19 heavy (non-hydrogen) atoms. The number of nitrogens with one attached hydrogen (secondary N) is 1. The van der Waals surface area contributed by atoms with Gasteiger partial charge in [0.15, 0.2) is 0 Å². The maximum Gasteiger partial charge on any atom is 0.335 e. The van der Waals surface area contributed by atoms with Gasteiger partial charge in [-0.25, -0.2) is 4.79 Å². The number of hydrazone groups is 1. The Morgan fingerprint density at radius 1 is 1.26 bits per heavy atom. The Morgan fingerprint density at radius 2 is 1.95 bits per heavy atom. The van der Waals surface area contributed by atoms with Crippen LogP contribution in [0.3, 0.4) is 0 Å². The van der Waals surface area contributed by atoms with Crippen molar-refractivity contribution in [3.63, 3.8) is 0 Å². The summed E-state index contributed by atoms with van der Waals surface area (Å²) in [4.78, 5) is 11.8. The van der Waals surface area contributed by atoms with E-state index >= 15 is 0 Å². The van der Waals surface area contributed by atoms with Crippen molar-refractivity contribution < 1.29 is 9.90 Å². The molecule has 6 heteroatoms. The number of benzene rings is 1. The topological polar surface area (TPSA) is 61.7 Å². The van der Waals surface area contributed by atoms with Crippen LogP contribution < -0.4 is 5.43 Å². The lowest BCUT2D eigenvalue weighted by molar-refractivity contribution is 0.0697. The van der Waals surface area contributed by atoms with Crippen molar-refractivity contribution in [3.05, 3.63) is 50.6 Å². The van der Waals surface area contributed by atoms with Gasteiger partial charge in [-0.05, 0) is 59.3 Å². The molecule has 0 spiro atoms. The van der Waals surface area contributed by atoms with E-state index in [4.69, 9.17) is 5.11 Å². The summed E-state index contributed by atoms with van der Waals surface area (Å²) >= 11 is 5.01. The van der Waals surface area contributed by atoms with Gasteiger partial charge in [0.1, 0.15) is 0 Å². The van der Waals surface area contributed by atoms with E-state index in [0.29, 0.717) is 0 Å². The molecule has 2 aromatic rings. The number of aromatic carboxylic acids is 1. The second-order valence-electron chi connectivity index (χ2n) is 3.80. The highest BCUT2D eigenvalue weighted by Gasteiger charge is 2.03. The summed E-state index contributed by atoms with van der Waals surface area (Å²) < 4.78 is 1.06. The maximum absolute atomic E-state index is 10.7. The van der Waals surface area contributed by atoms with Crippen LogP contribution in [0.5, 0.6) is 0 Å². The molecule has 1 heterocycles. The van der Waals surface area contributed by atoms with Crippen LogP contribution in [0, 0.1) is 0 Å². The van der Waals surface area contributed by atoms with Crippen LogP contribution in [0.1, 0.15) is 22.2 Å². The lowest BCUT2D eigenvalue weighted by atomic mass is 10.2. The van der Waals surface area contributed by atoms with Gasteiger partial charge < -0.3 is 5.11 Å². The van der Waals surface area contributed by atoms with Crippen LogP contribution in [-0.2, 0) is 0 Å². The van der Waals surface area contributed by atoms with E-state index in [2.05, 4.69) is 26.5 Å². The van der Waals surface area contributed by atoms with Gasteiger partial charge in [0.25, 0.3) is 0 Å². The Bertz CT molecular complexity index is 620. The van der Waals surface area contributed by atoms with Crippen LogP contribution in [0.2, 0.25) is 0 Å². The lowest BCUT2D eigenvalue weighted by Gasteiger charge is -2.02. The highest BCUT2D eigenvalue weighted by Crippen LogP contribution is 2.22. The number of carbonyl (C=O) groups is 1. The molecule has 0 aliphatic heterocycles. The molecule has 0 atom stereocenters. The van der Waals surface area contributed by atoms with Crippen LogP contribution >= 0.6 is 27.3 Å². The predicted molar refractivity (Wildman–Crippen MR) is 81.3 cm³/mol. The molecule has 1 aromatic carbocycles. The van der Waals surface area contributed by atoms with E-state index < -0.39 is 5.97 Å². The minimum Gasteiger partial charge on any atom is -0.478 e. The third-order valence-corrected chi connectivity index (χ3v) is 4.15. The molecule has 0 unspecified atom stereocenters. The zero-order chi connectivity index (χ0) is 13.8. The highest BCUT2D eigenvalue weighted by atomic mass is 79.9. The van der Waals surface area contributed by atoms with Crippen molar-refractivity contribution in [2.75, 3.05) is 5.43 Å². The Hall–Kier alpha value is -1.66. The molecule has 1 aromatic heterocycles.